The summed E-state index contributed by atoms with van der Waals surface area (Å²) in [5.74, 6) is -1.22. The molecular formula is C11H19NO4. The average molecular weight is 229 g/mol. The van der Waals surface area contributed by atoms with Gasteiger partial charge in [0, 0.05) is 12.6 Å². The molecule has 5 nitrogen and oxygen atoms in total. The fraction of sp³-hybridized carbons (Fsp3) is 0.818. The van der Waals surface area contributed by atoms with E-state index in [1.54, 1.807) is 20.8 Å². The highest BCUT2D eigenvalue weighted by molar-refractivity contribution is 5.88. The predicted octanol–water partition coefficient (Wildman–Crippen LogP) is 0.877. The van der Waals surface area contributed by atoms with Crippen LogP contribution in [0.2, 0.25) is 0 Å². The number of hydrogen-bond acceptors (Lipinski definition) is 3. The molecule has 1 unspecified atom stereocenters. The highest BCUT2D eigenvalue weighted by Gasteiger charge is 2.41. The SMILES string of the molecule is CC(C)N(CC(=O)O)C(=O)C1(C)CCCO1. The van der Waals surface area contributed by atoms with E-state index in [2.05, 4.69) is 0 Å². The lowest BCUT2D eigenvalue weighted by molar-refractivity contribution is -0.157. The third kappa shape index (κ3) is 2.72. The van der Waals surface area contributed by atoms with Crippen LogP contribution in [-0.2, 0) is 14.3 Å². The van der Waals surface area contributed by atoms with Gasteiger partial charge in [0.1, 0.15) is 12.1 Å². The van der Waals surface area contributed by atoms with E-state index in [9.17, 15) is 9.59 Å². The van der Waals surface area contributed by atoms with Crippen molar-refractivity contribution in [3.8, 4) is 0 Å². The second-order valence-electron chi connectivity index (χ2n) is 4.60. The van der Waals surface area contributed by atoms with Crippen LogP contribution in [0.1, 0.15) is 33.6 Å². The zero-order valence-electron chi connectivity index (χ0n) is 10.0. The Hall–Kier alpha value is -1.10. The summed E-state index contributed by atoms with van der Waals surface area (Å²) < 4.78 is 5.43. The third-order valence-corrected chi connectivity index (χ3v) is 2.86. The van der Waals surface area contributed by atoms with E-state index in [4.69, 9.17) is 9.84 Å². The Labute approximate surface area is 95.4 Å². The van der Waals surface area contributed by atoms with Crippen LogP contribution in [0.5, 0.6) is 0 Å². The van der Waals surface area contributed by atoms with Gasteiger partial charge in [0.15, 0.2) is 0 Å². The molecule has 0 radical (unpaired) electrons. The maximum absolute atomic E-state index is 12.2. The molecule has 0 aromatic carbocycles. The molecule has 1 aliphatic heterocycles. The molecule has 1 rings (SSSR count). The minimum Gasteiger partial charge on any atom is -0.480 e. The van der Waals surface area contributed by atoms with E-state index < -0.39 is 11.6 Å². The lowest BCUT2D eigenvalue weighted by Crippen LogP contribution is -2.51. The van der Waals surface area contributed by atoms with E-state index in [1.165, 1.54) is 4.90 Å². The molecule has 5 heteroatoms. The van der Waals surface area contributed by atoms with Gasteiger partial charge in [-0.05, 0) is 33.6 Å². The minimum absolute atomic E-state index is 0.135. The summed E-state index contributed by atoms with van der Waals surface area (Å²) in [6, 6.07) is -0.135. The summed E-state index contributed by atoms with van der Waals surface area (Å²) in [4.78, 5) is 24.2. The Kier molecular flexibility index (Phi) is 3.91. The zero-order chi connectivity index (χ0) is 12.3. The Morgan fingerprint density at radius 2 is 2.12 bits per heavy atom. The molecular weight excluding hydrogens is 210 g/mol. The second-order valence-corrected chi connectivity index (χ2v) is 4.60. The van der Waals surface area contributed by atoms with Gasteiger partial charge in [0.05, 0.1) is 0 Å². The first-order valence-corrected chi connectivity index (χ1v) is 5.53. The van der Waals surface area contributed by atoms with Crippen molar-refractivity contribution in [2.24, 2.45) is 0 Å². The molecule has 1 heterocycles. The Balaban J connectivity index is 2.77. The standard InChI is InChI=1S/C11H19NO4/c1-8(2)12(7-9(13)14)10(15)11(3)5-4-6-16-11/h8H,4-7H2,1-3H3,(H,13,14). The highest BCUT2D eigenvalue weighted by atomic mass is 16.5. The van der Waals surface area contributed by atoms with Crippen LogP contribution in [0.25, 0.3) is 0 Å². The van der Waals surface area contributed by atoms with Crippen molar-refractivity contribution in [2.45, 2.75) is 45.3 Å². The Morgan fingerprint density at radius 1 is 1.50 bits per heavy atom. The Bertz CT molecular complexity index is 282. The molecule has 1 amide bonds. The molecule has 16 heavy (non-hydrogen) atoms. The van der Waals surface area contributed by atoms with Gasteiger partial charge in [-0.1, -0.05) is 0 Å². The molecule has 1 fully saturated rings. The van der Waals surface area contributed by atoms with Gasteiger partial charge in [0.2, 0.25) is 0 Å². The summed E-state index contributed by atoms with van der Waals surface area (Å²) >= 11 is 0. The fourth-order valence-electron chi connectivity index (χ4n) is 1.89. The van der Waals surface area contributed by atoms with Crippen molar-refractivity contribution in [3.63, 3.8) is 0 Å². The van der Waals surface area contributed by atoms with Crippen LogP contribution in [-0.4, -0.2) is 46.7 Å². The number of aliphatic carboxylic acids is 1. The number of carbonyl (C=O) groups is 2. The molecule has 1 atom stereocenters. The first kappa shape index (κ1) is 13.0. The summed E-state index contributed by atoms with van der Waals surface area (Å²) in [5, 5.41) is 8.77. The highest BCUT2D eigenvalue weighted by Crippen LogP contribution is 2.27. The topological polar surface area (TPSA) is 66.8 Å². The van der Waals surface area contributed by atoms with E-state index in [0.29, 0.717) is 13.0 Å². The molecule has 0 aromatic heterocycles. The smallest absolute Gasteiger partial charge is 0.323 e. The first-order valence-electron chi connectivity index (χ1n) is 5.53. The maximum Gasteiger partial charge on any atom is 0.323 e. The number of carbonyl (C=O) groups excluding carboxylic acids is 1. The van der Waals surface area contributed by atoms with Gasteiger partial charge in [0.25, 0.3) is 5.91 Å². The summed E-state index contributed by atoms with van der Waals surface area (Å²) in [6.07, 6.45) is 1.51. The van der Waals surface area contributed by atoms with Crippen LogP contribution in [0, 0.1) is 0 Å². The van der Waals surface area contributed by atoms with Crippen LogP contribution in [0.4, 0.5) is 0 Å². The predicted molar refractivity (Wildman–Crippen MR) is 58.1 cm³/mol. The number of carboxylic acids is 1. The first-order chi connectivity index (χ1) is 7.37. The van der Waals surface area contributed by atoms with Crippen LogP contribution in [0.15, 0.2) is 0 Å². The quantitative estimate of drug-likeness (QED) is 0.777. The summed E-state index contributed by atoms with van der Waals surface area (Å²) in [7, 11) is 0. The van der Waals surface area contributed by atoms with Crippen LogP contribution >= 0.6 is 0 Å². The number of amides is 1. The fourth-order valence-corrected chi connectivity index (χ4v) is 1.89. The molecule has 1 aliphatic rings. The van der Waals surface area contributed by atoms with E-state index >= 15 is 0 Å². The van der Waals surface area contributed by atoms with Crippen molar-refractivity contribution in [2.75, 3.05) is 13.2 Å². The van der Waals surface area contributed by atoms with Gasteiger partial charge in [-0.2, -0.15) is 0 Å². The van der Waals surface area contributed by atoms with E-state index in [1.807, 2.05) is 0 Å². The molecule has 0 spiro atoms. The van der Waals surface area contributed by atoms with Crippen LogP contribution in [0.3, 0.4) is 0 Å². The summed E-state index contributed by atoms with van der Waals surface area (Å²) in [5.41, 5.74) is -0.834. The monoisotopic (exact) mass is 229 g/mol. The zero-order valence-corrected chi connectivity index (χ0v) is 10.0. The van der Waals surface area contributed by atoms with Crippen molar-refractivity contribution in [1.82, 2.24) is 4.90 Å². The van der Waals surface area contributed by atoms with Crippen molar-refractivity contribution in [1.29, 1.82) is 0 Å². The van der Waals surface area contributed by atoms with Gasteiger partial charge in [-0.3, -0.25) is 9.59 Å². The summed E-state index contributed by atoms with van der Waals surface area (Å²) in [6.45, 7) is 5.65. The lowest BCUT2D eigenvalue weighted by atomic mass is 10.0. The van der Waals surface area contributed by atoms with Crippen molar-refractivity contribution >= 4 is 11.9 Å². The molecule has 0 saturated carbocycles. The van der Waals surface area contributed by atoms with Gasteiger partial charge in [-0.25, -0.2) is 0 Å². The largest absolute Gasteiger partial charge is 0.480 e. The van der Waals surface area contributed by atoms with Crippen LogP contribution < -0.4 is 0 Å². The molecule has 1 N–H and O–H groups in total. The second kappa shape index (κ2) is 4.82. The Morgan fingerprint density at radius 3 is 2.50 bits per heavy atom. The minimum atomic E-state index is -0.997. The van der Waals surface area contributed by atoms with Crippen molar-refractivity contribution in [3.05, 3.63) is 0 Å². The number of nitrogens with zero attached hydrogens (tertiary/aromatic N) is 1. The number of rotatable bonds is 4. The van der Waals surface area contributed by atoms with Crippen molar-refractivity contribution < 1.29 is 19.4 Å². The van der Waals surface area contributed by atoms with E-state index in [0.717, 1.165) is 6.42 Å². The van der Waals surface area contributed by atoms with Gasteiger partial charge >= 0.3 is 5.97 Å². The average Bonchev–Trinajstić information content (AvgIpc) is 2.61. The molecule has 0 bridgehead atoms. The lowest BCUT2D eigenvalue weighted by Gasteiger charge is -2.32. The molecule has 1 saturated heterocycles. The molecule has 92 valence electrons. The molecule has 0 aromatic rings. The maximum atomic E-state index is 12.2. The number of hydrogen-bond donors (Lipinski definition) is 1. The van der Waals surface area contributed by atoms with Gasteiger partial charge < -0.3 is 14.7 Å². The third-order valence-electron chi connectivity index (χ3n) is 2.86. The number of ether oxygens (including phenoxy) is 1. The normalized spacial score (nSPS) is 24.8. The van der Waals surface area contributed by atoms with E-state index in [-0.39, 0.29) is 18.5 Å². The number of carboxylic acid groups (broad SMARTS) is 1. The molecule has 0 aliphatic carbocycles. The van der Waals surface area contributed by atoms with Gasteiger partial charge in [-0.15, -0.1) is 0 Å².